The van der Waals surface area contributed by atoms with Gasteiger partial charge in [-0.25, -0.2) is 9.37 Å². The van der Waals surface area contributed by atoms with Crippen molar-refractivity contribution in [3.63, 3.8) is 0 Å². The first-order chi connectivity index (χ1) is 11.1. The van der Waals surface area contributed by atoms with Crippen LogP contribution in [0.15, 0.2) is 23.6 Å². The number of thiazole rings is 1. The number of piperidine rings is 1. The van der Waals surface area contributed by atoms with Gasteiger partial charge in [0.15, 0.2) is 5.01 Å². The van der Waals surface area contributed by atoms with Crippen molar-refractivity contribution in [1.82, 2.24) is 9.88 Å². The Morgan fingerprint density at radius 1 is 1.48 bits per heavy atom. The molecular formula is C17H20FN3OS. The number of aryl methyl sites for hydroxylation is 1. The molecule has 1 aromatic carbocycles. The number of likely N-dealkylation sites (tertiary alicyclic amines) is 1. The van der Waals surface area contributed by atoms with E-state index in [0.717, 1.165) is 24.8 Å². The van der Waals surface area contributed by atoms with E-state index >= 15 is 0 Å². The van der Waals surface area contributed by atoms with Crippen LogP contribution in [0.5, 0.6) is 0 Å². The zero-order chi connectivity index (χ0) is 16.4. The number of hydrogen-bond acceptors (Lipinski definition) is 4. The van der Waals surface area contributed by atoms with Crippen molar-refractivity contribution in [2.24, 2.45) is 5.73 Å². The molecule has 0 bridgehead atoms. The van der Waals surface area contributed by atoms with Crippen LogP contribution in [-0.2, 0) is 0 Å². The van der Waals surface area contributed by atoms with Gasteiger partial charge in [0.2, 0.25) is 0 Å². The van der Waals surface area contributed by atoms with E-state index in [2.05, 4.69) is 4.98 Å². The fourth-order valence-electron chi connectivity index (χ4n) is 2.96. The zero-order valence-electron chi connectivity index (χ0n) is 13.1. The highest BCUT2D eigenvalue weighted by Crippen LogP contribution is 2.27. The highest BCUT2D eigenvalue weighted by Gasteiger charge is 2.28. The van der Waals surface area contributed by atoms with Gasteiger partial charge in [-0.15, -0.1) is 11.3 Å². The lowest BCUT2D eigenvalue weighted by atomic mass is 10.0. The van der Waals surface area contributed by atoms with Crippen molar-refractivity contribution in [1.29, 1.82) is 0 Å². The molecule has 1 unspecified atom stereocenters. The summed E-state index contributed by atoms with van der Waals surface area (Å²) in [6.45, 7) is 3.03. The molecule has 3 rings (SSSR count). The number of nitrogens with two attached hydrogens (primary N) is 1. The summed E-state index contributed by atoms with van der Waals surface area (Å²) < 4.78 is 14.1. The molecular weight excluding hydrogens is 313 g/mol. The van der Waals surface area contributed by atoms with E-state index in [1.54, 1.807) is 11.4 Å². The number of carbonyl (C=O) groups excluding carboxylic acids is 1. The summed E-state index contributed by atoms with van der Waals surface area (Å²) in [4.78, 5) is 18.9. The minimum absolute atomic E-state index is 0.0831. The van der Waals surface area contributed by atoms with E-state index in [9.17, 15) is 9.18 Å². The lowest BCUT2D eigenvalue weighted by Crippen LogP contribution is -2.47. The standard InChI is InChI=1S/C17H20FN3OS/c1-11-5-6-13(14(18)8-11)15-10-23-16(20-15)17(22)21-7-3-2-4-12(21)9-19/h5-6,8,10,12H,2-4,7,9,19H2,1H3. The van der Waals surface area contributed by atoms with Gasteiger partial charge in [0.05, 0.1) is 5.69 Å². The molecule has 1 fully saturated rings. The quantitative estimate of drug-likeness (QED) is 0.938. The second-order valence-electron chi connectivity index (χ2n) is 5.91. The number of amides is 1. The van der Waals surface area contributed by atoms with Gasteiger partial charge in [-0.1, -0.05) is 6.07 Å². The molecule has 2 N–H and O–H groups in total. The van der Waals surface area contributed by atoms with Crippen LogP contribution in [0.3, 0.4) is 0 Å². The highest BCUT2D eigenvalue weighted by molar-refractivity contribution is 7.12. The van der Waals surface area contributed by atoms with Gasteiger partial charge in [-0.2, -0.15) is 0 Å². The van der Waals surface area contributed by atoms with E-state index in [4.69, 9.17) is 5.73 Å². The maximum atomic E-state index is 14.1. The first-order valence-corrected chi connectivity index (χ1v) is 8.71. The normalized spacial score (nSPS) is 18.2. The summed E-state index contributed by atoms with van der Waals surface area (Å²) in [5.41, 5.74) is 7.58. The second-order valence-corrected chi connectivity index (χ2v) is 6.76. The predicted molar refractivity (Wildman–Crippen MR) is 90.0 cm³/mol. The fraction of sp³-hybridized carbons (Fsp3) is 0.412. The summed E-state index contributed by atoms with van der Waals surface area (Å²) >= 11 is 1.26. The minimum atomic E-state index is -0.313. The fourth-order valence-corrected chi connectivity index (χ4v) is 3.73. The third-order valence-corrected chi connectivity index (χ3v) is 5.08. The number of halogens is 1. The number of rotatable bonds is 3. The Bertz CT molecular complexity index is 716. The van der Waals surface area contributed by atoms with E-state index in [1.165, 1.54) is 17.4 Å². The van der Waals surface area contributed by atoms with Crippen LogP contribution in [0, 0.1) is 12.7 Å². The van der Waals surface area contributed by atoms with Gasteiger partial charge in [0.1, 0.15) is 5.82 Å². The van der Waals surface area contributed by atoms with Crippen molar-refractivity contribution in [2.75, 3.05) is 13.1 Å². The van der Waals surface area contributed by atoms with Crippen LogP contribution in [0.4, 0.5) is 4.39 Å². The van der Waals surface area contributed by atoms with E-state index < -0.39 is 0 Å². The second kappa shape index (κ2) is 6.76. The lowest BCUT2D eigenvalue weighted by molar-refractivity contribution is 0.0623. The maximum Gasteiger partial charge on any atom is 0.283 e. The molecule has 2 heterocycles. The largest absolute Gasteiger partial charge is 0.332 e. The van der Waals surface area contributed by atoms with Gasteiger partial charge < -0.3 is 10.6 Å². The molecule has 1 saturated heterocycles. The van der Waals surface area contributed by atoms with Gasteiger partial charge in [-0.05, 0) is 43.9 Å². The minimum Gasteiger partial charge on any atom is -0.332 e. The number of benzene rings is 1. The summed E-state index contributed by atoms with van der Waals surface area (Å²) in [5.74, 6) is -0.406. The molecule has 1 aromatic heterocycles. The SMILES string of the molecule is Cc1ccc(-c2csc(C(=O)N3CCCCC3CN)n2)c(F)c1. The molecule has 1 aliphatic rings. The molecule has 0 saturated carbocycles. The van der Waals surface area contributed by atoms with Crippen molar-refractivity contribution >= 4 is 17.2 Å². The van der Waals surface area contributed by atoms with Crippen LogP contribution < -0.4 is 5.73 Å². The Balaban J connectivity index is 1.85. The van der Waals surface area contributed by atoms with E-state index in [1.807, 2.05) is 17.9 Å². The van der Waals surface area contributed by atoms with Crippen LogP contribution in [-0.4, -0.2) is 34.9 Å². The van der Waals surface area contributed by atoms with Crippen molar-refractivity contribution < 1.29 is 9.18 Å². The van der Waals surface area contributed by atoms with E-state index in [-0.39, 0.29) is 17.8 Å². The van der Waals surface area contributed by atoms with Crippen LogP contribution in [0.1, 0.15) is 34.6 Å². The van der Waals surface area contributed by atoms with Gasteiger partial charge in [0, 0.05) is 30.1 Å². The molecule has 0 aliphatic carbocycles. The Kier molecular flexibility index (Phi) is 4.73. The molecule has 122 valence electrons. The van der Waals surface area contributed by atoms with Gasteiger partial charge in [-0.3, -0.25) is 4.79 Å². The molecule has 6 heteroatoms. The molecule has 2 aromatic rings. The summed E-state index contributed by atoms with van der Waals surface area (Å²) in [6.07, 6.45) is 3.03. The van der Waals surface area contributed by atoms with E-state index in [0.29, 0.717) is 29.4 Å². The van der Waals surface area contributed by atoms with Crippen LogP contribution in [0.25, 0.3) is 11.3 Å². The predicted octanol–water partition coefficient (Wildman–Crippen LogP) is 3.21. The Hall–Kier alpha value is -1.79. The van der Waals surface area contributed by atoms with Crippen LogP contribution in [0.2, 0.25) is 0 Å². The third kappa shape index (κ3) is 3.28. The first kappa shape index (κ1) is 16.1. The highest BCUT2D eigenvalue weighted by atomic mass is 32.1. The average molecular weight is 333 g/mol. The molecule has 0 spiro atoms. The monoisotopic (exact) mass is 333 g/mol. The number of carbonyl (C=O) groups is 1. The van der Waals surface area contributed by atoms with Gasteiger partial charge >= 0.3 is 0 Å². The zero-order valence-corrected chi connectivity index (χ0v) is 13.9. The maximum absolute atomic E-state index is 14.1. The Morgan fingerprint density at radius 2 is 2.30 bits per heavy atom. The number of nitrogens with zero attached hydrogens (tertiary/aromatic N) is 2. The topological polar surface area (TPSA) is 59.2 Å². The Morgan fingerprint density at radius 3 is 3.04 bits per heavy atom. The first-order valence-electron chi connectivity index (χ1n) is 7.83. The number of aromatic nitrogens is 1. The van der Waals surface area contributed by atoms with Crippen molar-refractivity contribution in [2.45, 2.75) is 32.2 Å². The van der Waals surface area contributed by atoms with Gasteiger partial charge in [0.25, 0.3) is 5.91 Å². The molecule has 1 atom stereocenters. The van der Waals surface area contributed by atoms with Crippen LogP contribution >= 0.6 is 11.3 Å². The lowest BCUT2D eigenvalue weighted by Gasteiger charge is -2.34. The molecule has 23 heavy (non-hydrogen) atoms. The average Bonchev–Trinajstić information content (AvgIpc) is 3.03. The molecule has 1 amide bonds. The number of hydrogen-bond donors (Lipinski definition) is 1. The molecule has 0 radical (unpaired) electrons. The summed E-state index contributed by atoms with van der Waals surface area (Å²) in [7, 11) is 0. The summed E-state index contributed by atoms with van der Waals surface area (Å²) in [5, 5.41) is 2.14. The molecule has 4 nitrogen and oxygen atoms in total. The Labute approximate surface area is 139 Å². The summed E-state index contributed by atoms with van der Waals surface area (Å²) in [6, 6.07) is 5.11. The smallest absolute Gasteiger partial charge is 0.283 e. The van der Waals surface area contributed by atoms with Crippen molar-refractivity contribution in [3.8, 4) is 11.3 Å². The molecule has 1 aliphatic heterocycles. The van der Waals surface area contributed by atoms with Crippen molar-refractivity contribution in [3.05, 3.63) is 40.0 Å². The third-order valence-electron chi connectivity index (χ3n) is 4.25.